The Morgan fingerprint density at radius 3 is 2.06 bits per heavy atom. The van der Waals surface area contributed by atoms with Crippen LogP contribution in [0.5, 0.6) is 0 Å². The van der Waals surface area contributed by atoms with E-state index in [1.807, 2.05) is 0 Å². The highest BCUT2D eigenvalue weighted by atomic mass is 28.3. The number of hydrogen-bond donors (Lipinski definition) is 0. The second-order valence-electron chi connectivity index (χ2n) is 3.43. The van der Waals surface area contributed by atoms with Crippen LogP contribution in [0.1, 0.15) is 18.6 Å². The number of benzene rings is 1. The molecule has 0 aliphatic rings. The third kappa shape index (κ3) is 3.08. The lowest BCUT2D eigenvalue weighted by Gasteiger charge is -2.19. The molecule has 0 saturated heterocycles. The van der Waals surface area contributed by atoms with Gasteiger partial charge in [-0.15, -0.1) is 0 Å². The molecule has 0 amide bonds. The standard InChI is InChI=1S/C10H12F4O3Si/c1-5(17-18(15-2)16-3)6-4-7(11)9(13)10(14)8(6)12/h4-5,18H,1-3H3. The van der Waals surface area contributed by atoms with Gasteiger partial charge in [-0.1, -0.05) is 0 Å². The minimum Gasteiger partial charge on any atom is -0.379 e. The lowest BCUT2D eigenvalue weighted by molar-refractivity contribution is 0.0925. The van der Waals surface area contributed by atoms with E-state index in [2.05, 4.69) is 0 Å². The zero-order valence-corrected chi connectivity index (χ0v) is 11.1. The molecule has 0 N–H and O–H groups in total. The van der Waals surface area contributed by atoms with Gasteiger partial charge < -0.3 is 13.3 Å². The Bertz CT molecular complexity index is 426. The van der Waals surface area contributed by atoms with Gasteiger partial charge in [0, 0.05) is 19.8 Å². The van der Waals surface area contributed by atoms with Crippen molar-refractivity contribution in [2.24, 2.45) is 0 Å². The summed E-state index contributed by atoms with van der Waals surface area (Å²) in [6.45, 7) is 1.35. The maximum atomic E-state index is 13.4. The van der Waals surface area contributed by atoms with Gasteiger partial charge in [0.1, 0.15) is 0 Å². The molecule has 18 heavy (non-hydrogen) atoms. The Morgan fingerprint density at radius 2 is 1.56 bits per heavy atom. The van der Waals surface area contributed by atoms with Crippen molar-refractivity contribution >= 4 is 9.53 Å². The fraction of sp³-hybridized carbons (Fsp3) is 0.400. The van der Waals surface area contributed by atoms with Gasteiger partial charge in [0.05, 0.1) is 6.10 Å². The van der Waals surface area contributed by atoms with E-state index in [1.165, 1.54) is 21.1 Å². The van der Waals surface area contributed by atoms with Crippen molar-refractivity contribution < 1.29 is 30.8 Å². The first-order valence-corrected chi connectivity index (χ1v) is 6.37. The molecule has 102 valence electrons. The van der Waals surface area contributed by atoms with Crippen molar-refractivity contribution in [3.8, 4) is 0 Å². The minimum absolute atomic E-state index is 0.432. The van der Waals surface area contributed by atoms with Gasteiger partial charge in [-0.05, 0) is 13.0 Å². The zero-order valence-electron chi connectivity index (χ0n) is 9.97. The smallest absolute Gasteiger partial charge is 0.379 e. The van der Waals surface area contributed by atoms with E-state index in [1.54, 1.807) is 0 Å². The molecule has 0 aliphatic heterocycles. The van der Waals surface area contributed by atoms with Crippen LogP contribution >= 0.6 is 0 Å². The molecule has 1 atom stereocenters. The Balaban J connectivity index is 3.02. The molecular formula is C10H12F4O3Si. The Hall–Kier alpha value is -0.963. The molecule has 3 nitrogen and oxygen atoms in total. The largest absolute Gasteiger partial charge is 0.484 e. The summed E-state index contributed by atoms with van der Waals surface area (Å²) in [4.78, 5) is 0. The zero-order chi connectivity index (χ0) is 13.9. The number of halogens is 4. The van der Waals surface area contributed by atoms with Crippen LogP contribution in [0.25, 0.3) is 0 Å². The summed E-state index contributed by atoms with van der Waals surface area (Å²) in [5.74, 6) is -6.68. The van der Waals surface area contributed by atoms with Crippen molar-refractivity contribution in [2.75, 3.05) is 14.2 Å². The van der Waals surface area contributed by atoms with E-state index in [4.69, 9.17) is 13.3 Å². The number of hydrogen-bond acceptors (Lipinski definition) is 3. The molecule has 0 heterocycles. The normalized spacial score (nSPS) is 13.1. The van der Waals surface area contributed by atoms with Gasteiger partial charge in [0.15, 0.2) is 23.3 Å². The molecule has 1 aromatic carbocycles. The lowest BCUT2D eigenvalue weighted by atomic mass is 10.1. The van der Waals surface area contributed by atoms with Crippen LogP contribution in [0.3, 0.4) is 0 Å². The summed E-state index contributed by atoms with van der Waals surface area (Å²) in [6, 6.07) is 0.551. The highest BCUT2D eigenvalue weighted by Crippen LogP contribution is 2.26. The molecule has 0 spiro atoms. The molecular weight excluding hydrogens is 272 g/mol. The first kappa shape index (κ1) is 15.1. The van der Waals surface area contributed by atoms with Gasteiger partial charge in [-0.2, -0.15) is 0 Å². The monoisotopic (exact) mass is 284 g/mol. The van der Waals surface area contributed by atoms with Crippen LogP contribution in [0.2, 0.25) is 0 Å². The van der Waals surface area contributed by atoms with Gasteiger partial charge in [0.25, 0.3) is 0 Å². The van der Waals surface area contributed by atoms with Crippen LogP contribution in [0, 0.1) is 23.3 Å². The van der Waals surface area contributed by atoms with Gasteiger partial charge in [-0.25, -0.2) is 17.6 Å². The predicted molar refractivity (Wildman–Crippen MR) is 56.9 cm³/mol. The van der Waals surface area contributed by atoms with Gasteiger partial charge >= 0.3 is 9.53 Å². The van der Waals surface area contributed by atoms with Crippen LogP contribution < -0.4 is 0 Å². The van der Waals surface area contributed by atoms with E-state index in [9.17, 15) is 17.6 Å². The lowest BCUT2D eigenvalue weighted by Crippen LogP contribution is -2.26. The Morgan fingerprint density at radius 1 is 1.00 bits per heavy atom. The molecule has 8 heteroatoms. The highest BCUT2D eigenvalue weighted by Gasteiger charge is 2.25. The average Bonchev–Trinajstić information content (AvgIpc) is 2.37. The van der Waals surface area contributed by atoms with Crippen molar-refractivity contribution in [3.63, 3.8) is 0 Å². The van der Waals surface area contributed by atoms with Crippen LogP contribution in [-0.4, -0.2) is 23.7 Å². The molecule has 0 aromatic heterocycles. The van der Waals surface area contributed by atoms with Crippen molar-refractivity contribution in [1.29, 1.82) is 0 Å². The molecule has 1 unspecified atom stereocenters. The van der Waals surface area contributed by atoms with Gasteiger partial charge in [-0.3, -0.25) is 0 Å². The summed E-state index contributed by atoms with van der Waals surface area (Å²) in [5.41, 5.74) is -0.432. The molecule has 1 rings (SSSR count). The van der Waals surface area contributed by atoms with Crippen LogP contribution in [0.15, 0.2) is 6.07 Å². The van der Waals surface area contributed by atoms with E-state index >= 15 is 0 Å². The van der Waals surface area contributed by atoms with E-state index in [0.29, 0.717) is 6.07 Å². The number of rotatable bonds is 5. The van der Waals surface area contributed by atoms with E-state index in [-0.39, 0.29) is 0 Å². The van der Waals surface area contributed by atoms with Crippen LogP contribution in [0.4, 0.5) is 17.6 Å². The molecule has 0 saturated carbocycles. The fourth-order valence-electron chi connectivity index (χ4n) is 1.33. The average molecular weight is 284 g/mol. The quantitative estimate of drug-likeness (QED) is 0.359. The second kappa shape index (κ2) is 6.28. The molecule has 0 radical (unpaired) electrons. The topological polar surface area (TPSA) is 27.7 Å². The van der Waals surface area contributed by atoms with Crippen molar-refractivity contribution in [3.05, 3.63) is 34.9 Å². The summed E-state index contributed by atoms with van der Waals surface area (Å²) in [6.07, 6.45) is -1.02. The summed E-state index contributed by atoms with van der Waals surface area (Å²) >= 11 is 0. The predicted octanol–water partition coefficient (Wildman–Crippen LogP) is 2.33. The Labute approximate surface area is 103 Å². The minimum atomic E-state index is -2.49. The fourth-order valence-corrected chi connectivity index (χ4v) is 2.23. The molecule has 0 fully saturated rings. The maximum absolute atomic E-state index is 13.4. The summed E-state index contributed by atoms with van der Waals surface area (Å²) in [7, 11) is 0.168. The van der Waals surface area contributed by atoms with Crippen molar-refractivity contribution in [2.45, 2.75) is 13.0 Å². The van der Waals surface area contributed by atoms with Gasteiger partial charge in [0.2, 0.25) is 0 Å². The summed E-state index contributed by atoms with van der Waals surface area (Å²) in [5, 5.41) is 0. The molecule has 0 bridgehead atoms. The maximum Gasteiger partial charge on any atom is 0.484 e. The van der Waals surface area contributed by atoms with E-state index in [0.717, 1.165) is 0 Å². The molecule has 0 aliphatic carbocycles. The third-order valence-corrected chi connectivity index (χ3v) is 3.67. The molecule has 1 aromatic rings. The summed E-state index contributed by atoms with van der Waals surface area (Å²) < 4.78 is 67.0. The first-order valence-electron chi connectivity index (χ1n) is 4.96. The third-order valence-electron chi connectivity index (χ3n) is 2.27. The second-order valence-corrected chi connectivity index (χ2v) is 5.22. The SMILES string of the molecule is CO[SiH](OC)OC(C)c1cc(F)c(F)c(F)c1F. The highest BCUT2D eigenvalue weighted by molar-refractivity contribution is 6.36. The van der Waals surface area contributed by atoms with Crippen molar-refractivity contribution in [1.82, 2.24) is 0 Å². The Kier molecular flexibility index (Phi) is 5.26. The first-order chi connectivity index (χ1) is 8.42. The van der Waals surface area contributed by atoms with Crippen LogP contribution in [-0.2, 0) is 13.3 Å². The van der Waals surface area contributed by atoms with E-state index < -0.39 is 44.5 Å².